The lowest BCUT2D eigenvalue weighted by Crippen LogP contribution is -2.42. The van der Waals surface area contributed by atoms with Crippen molar-refractivity contribution in [2.75, 3.05) is 18.8 Å². The first kappa shape index (κ1) is 16.0. The quantitative estimate of drug-likeness (QED) is 0.885. The minimum atomic E-state index is -3.49. The van der Waals surface area contributed by atoms with Gasteiger partial charge in [0.2, 0.25) is 15.9 Å². The predicted molar refractivity (Wildman–Crippen MR) is 87.2 cm³/mol. The van der Waals surface area contributed by atoms with Crippen molar-refractivity contribution in [2.45, 2.75) is 38.6 Å². The molecule has 7 heteroatoms. The maximum Gasteiger partial charge on any atom is 0.247 e. The minimum Gasteiger partial charge on any atom is -0.290 e. The Balaban J connectivity index is 1.50. The number of nitrogens with one attached hydrogen (secondary N) is 1. The zero-order chi connectivity index (χ0) is 15.6. The average Bonchev–Trinajstić information content (AvgIpc) is 3.07. The summed E-state index contributed by atoms with van der Waals surface area (Å²) in [7, 11) is -3.49. The predicted octanol–water partition coefficient (Wildman–Crippen LogP) is 1.74. The smallest absolute Gasteiger partial charge is 0.247 e. The molecular formula is C15H22N2O3S2. The van der Waals surface area contributed by atoms with Crippen LogP contribution in [0.4, 0.5) is 0 Å². The van der Waals surface area contributed by atoms with Crippen molar-refractivity contribution in [2.24, 2.45) is 5.92 Å². The van der Waals surface area contributed by atoms with Crippen molar-refractivity contribution in [1.29, 1.82) is 0 Å². The fourth-order valence-electron chi connectivity index (χ4n) is 3.38. The number of carbonyl (C=O) groups excluding carboxylic acids is 1. The van der Waals surface area contributed by atoms with Gasteiger partial charge in [-0.05, 0) is 42.2 Å². The second-order valence-electron chi connectivity index (χ2n) is 6.29. The third-order valence-corrected chi connectivity index (χ3v) is 6.93. The largest absolute Gasteiger partial charge is 0.290 e. The molecule has 2 aliphatic rings. The lowest BCUT2D eigenvalue weighted by Gasteiger charge is -2.26. The number of fused-ring (bicyclic) bond motifs is 1. The van der Waals surface area contributed by atoms with E-state index in [1.54, 1.807) is 11.3 Å². The Morgan fingerprint density at radius 1 is 1.36 bits per heavy atom. The van der Waals surface area contributed by atoms with Gasteiger partial charge in [-0.25, -0.2) is 8.42 Å². The van der Waals surface area contributed by atoms with E-state index in [4.69, 9.17) is 0 Å². The molecule has 0 bridgehead atoms. The summed E-state index contributed by atoms with van der Waals surface area (Å²) in [5, 5.41) is 2.07. The van der Waals surface area contributed by atoms with E-state index in [0.717, 1.165) is 45.2 Å². The van der Waals surface area contributed by atoms with E-state index in [1.807, 2.05) is 4.90 Å². The van der Waals surface area contributed by atoms with Crippen LogP contribution in [0.1, 0.15) is 36.1 Å². The van der Waals surface area contributed by atoms with Crippen LogP contribution >= 0.6 is 11.3 Å². The summed E-state index contributed by atoms with van der Waals surface area (Å²) in [6.07, 6.45) is 5.06. The molecule has 1 aromatic heterocycles. The molecule has 3 rings (SSSR count). The van der Waals surface area contributed by atoms with Crippen LogP contribution in [0, 0.1) is 5.92 Å². The Bertz CT molecular complexity index is 633. The number of hydrogen-bond donors (Lipinski definition) is 1. The molecule has 1 aromatic rings. The van der Waals surface area contributed by atoms with Gasteiger partial charge in [0.25, 0.3) is 0 Å². The van der Waals surface area contributed by atoms with Crippen molar-refractivity contribution in [1.82, 2.24) is 9.62 Å². The van der Waals surface area contributed by atoms with Crippen LogP contribution in [-0.2, 0) is 27.8 Å². The lowest BCUT2D eigenvalue weighted by atomic mass is 10.1. The Labute approximate surface area is 135 Å². The molecule has 122 valence electrons. The number of carbonyl (C=O) groups is 1. The maximum absolute atomic E-state index is 12.0. The monoisotopic (exact) mass is 342 g/mol. The van der Waals surface area contributed by atoms with Gasteiger partial charge in [-0.15, -0.1) is 11.3 Å². The molecule has 0 spiro atoms. The van der Waals surface area contributed by atoms with Gasteiger partial charge in [0.15, 0.2) is 0 Å². The summed E-state index contributed by atoms with van der Waals surface area (Å²) >= 11 is 1.75. The zero-order valence-electron chi connectivity index (χ0n) is 12.6. The summed E-state index contributed by atoms with van der Waals surface area (Å²) in [4.78, 5) is 15.4. The molecule has 1 N–H and O–H groups in total. The Hall–Kier alpha value is -0.920. The standard InChI is InChI=1S/C15H22N2O3S2/c18-15(16-22(19,20)11-12-3-1-2-4-12)10-17-7-5-14-13(9-17)6-8-21-14/h6,8,12H,1-5,7,9-11H2,(H,16,18). The van der Waals surface area contributed by atoms with Gasteiger partial charge < -0.3 is 0 Å². The average molecular weight is 342 g/mol. The highest BCUT2D eigenvalue weighted by atomic mass is 32.2. The number of nitrogens with zero attached hydrogens (tertiary/aromatic N) is 1. The summed E-state index contributed by atoms with van der Waals surface area (Å²) in [5.41, 5.74) is 1.26. The highest BCUT2D eigenvalue weighted by Gasteiger charge is 2.25. The first-order valence-electron chi connectivity index (χ1n) is 7.83. The number of thiophene rings is 1. The molecular weight excluding hydrogens is 320 g/mol. The second-order valence-corrected chi connectivity index (χ2v) is 9.05. The third-order valence-electron chi connectivity index (χ3n) is 4.45. The van der Waals surface area contributed by atoms with Crippen LogP contribution in [0.15, 0.2) is 11.4 Å². The third kappa shape index (κ3) is 4.08. The fraction of sp³-hybridized carbons (Fsp3) is 0.667. The second kappa shape index (κ2) is 6.68. The first-order valence-corrected chi connectivity index (χ1v) is 10.4. The molecule has 0 radical (unpaired) electrons. The number of rotatable bonds is 5. The zero-order valence-corrected chi connectivity index (χ0v) is 14.2. The Kier molecular flexibility index (Phi) is 4.84. The van der Waals surface area contributed by atoms with E-state index in [1.165, 1.54) is 10.4 Å². The van der Waals surface area contributed by atoms with Crippen LogP contribution in [-0.4, -0.2) is 38.1 Å². The van der Waals surface area contributed by atoms with Crippen LogP contribution in [0.2, 0.25) is 0 Å². The van der Waals surface area contributed by atoms with E-state index >= 15 is 0 Å². The molecule has 1 aliphatic carbocycles. The number of hydrogen-bond acceptors (Lipinski definition) is 5. The van der Waals surface area contributed by atoms with E-state index in [2.05, 4.69) is 16.2 Å². The minimum absolute atomic E-state index is 0.0907. The highest BCUT2D eigenvalue weighted by Crippen LogP contribution is 2.26. The lowest BCUT2D eigenvalue weighted by molar-refractivity contribution is -0.120. The van der Waals surface area contributed by atoms with Gasteiger partial charge in [-0.3, -0.25) is 14.4 Å². The van der Waals surface area contributed by atoms with Crippen LogP contribution in [0.3, 0.4) is 0 Å². The summed E-state index contributed by atoms with van der Waals surface area (Å²) < 4.78 is 26.3. The van der Waals surface area contributed by atoms with Crippen LogP contribution in [0.25, 0.3) is 0 Å². The fourth-order valence-corrected chi connectivity index (χ4v) is 5.72. The molecule has 0 unspecified atom stereocenters. The maximum atomic E-state index is 12.0. The first-order chi connectivity index (χ1) is 10.5. The summed E-state index contributed by atoms with van der Waals surface area (Å²) in [6, 6.07) is 2.08. The van der Waals surface area contributed by atoms with Gasteiger partial charge >= 0.3 is 0 Å². The molecule has 1 fully saturated rings. The Morgan fingerprint density at radius 2 is 2.14 bits per heavy atom. The molecule has 22 heavy (non-hydrogen) atoms. The van der Waals surface area contributed by atoms with Gasteiger partial charge in [0.1, 0.15) is 0 Å². The number of amides is 1. The highest BCUT2D eigenvalue weighted by molar-refractivity contribution is 7.90. The van der Waals surface area contributed by atoms with Crippen molar-refractivity contribution in [3.05, 3.63) is 21.9 Å². The van der Waals surface area contributed by atoms with Gasteiger partial charge in [-0.2, -0.15) is 0 Å². The summed E-state index contributed by atoms with van der Waals surface area (Å²) in [6.45, 7) is 1.69. The SMILES string of the molecule is O=C(CN1CCc2sccc2C1)NS(=O)(=O)CC1CCCC1. The number of sulfonamides is 1. The topological polar surface area (TPSA) is 66.5 Å². The molecule has 2 heterocycles. The van der Waals surface area contributed by atoms with Crippen molar-refractivity contribution >= 4 is 27.3 Å². The van der Waals surface area contributed by atoms with E-state index in [-0.39, 0.29) is 18.2 Å². The molecule has 1 aliphatic heterocycles. The van der Waals surface area contributed by atoms with Crippen molar-refractivity contribution in [3.8, 4) is 0 Å². The van der Waals surface area contributed by atoms with Gasteiger partial charge in [-0.1, -0.05) is 12.8 Å². The van der Waals surface area contributed by atoms with Gasteiger partial charge in [0.05, 0.1) is 12.3 Å². The molecule has 0 atom stereocenters. The molecule has 0 saturated heterocycles. The molecule has 1 amide bonds. The van der Waals surface area contributed by atoms with Crippen LogP contribution in [0.5, 0.6) is 0 Å². The molecule has 0 aromatic carbocycles. The summed E-state index contributed by atoms with van der Waals surface area (Å²) in [5.74, 6) is -0.0988. The van der Waals surface area contributed by atoms with Gasteiger partial charge in [0, 0.05) is 18.0 Å². The molecule has 5 nitrogen and oxygen atoms in total. The van der Waals surface area contributed by atoms with Crippen LogP contribution < -0.4 is 4.72 Å². The van der Waals surface area contributed by atoms with E-state index in [0.29, 0.717) is 0 Å². The van der Waals surface area contributed by atoms with E-state index < -0.39 is 15.9 Å². The normalized spacial score (nSPS) is 20.0. The Morgan fingerprint density at radius 3 is 2.91 bits per heavy atom. The van der Waals surface area contributed by atoms with E-state index in [9.17, 15) is 13.2 Å². The van der Waals surface area contributed by atoms with Crippen molar-refractivity contribution < 1.29 is 13.2 Å². The molecule has 1 saturated carbocycles. The van der Waals surface area contributed by atoms with Crippen molar-refractivity contribution in [3.63, 3.8) is 0 Å².